The number of hydrogen-bond acceptors (Lipinski definition) is 4. The minimum absolute atomic E-state index is 0.252. The molecule has 4 nitrogen and oxygen atoms in total. The molecule has 3 aromatic rings. The third-order valence-electron chi connectivity index (χ3n) is 2.90. The molecule has 0 N–H and O–H groups in total. The van der Waals surface area contributed by atoms with Gasteiger partial charge >= 0.3 is 0 Å². The van der Waals surface area contributed by atoms with Gasteiger partial charge < -0.3 is 4.42 Å². The fourth-order valence-electron chi connectivity index (χ4n) is 1.94. The van der Waals surface area contributed by atoms with Crippen molar-refractivity contribution < 1.29 is 9.21 Å². The Morgan fingerprint density at radius 2 is 2.16 bits per heavy atom. The Hall–Kier alpha value is -2.01. The fraction of sp³-hybridized carbons (Fsp3) is 0.0714. The fourth-order valence-corrected chi connectivity index (χ4v) is 2.30. The number of furan rings is 1. The Bertz CT molecular complexity index is 766. The summed E-state index contributed by atoms with van der Waals surface area (Å²) < 4.78 is 6.58. The van der Waals surface area contributed by atoms with Crippen LogP contribution in [0.1, 0.15) is 21.8 Å². The van der Waals surface area contributed by atoms with Crippen molar-refractivity contribution in [1.82, 2.24) is 9.97 Å². The highest BCUT2D eigenvalue weighted by molar-refractivity contribution is 9.10. The van der Waals surface area contributed by atoms with Crippen molar-refractivity contribution in [3.05, 3.63) is 58.3 Å². The predicted molar refractivity (Wildman–Crippen MR) is 74.1 cm³/mol. The minimum Gasteiger partial charge on any atom is -0.452 e. The van der Waals surface area contributed by atoms with Crippen LogP contribution < -0.4 is 0 Å². The van der Waals surface area contributed by atoms with Crippen molar-refractivity contribution >= 4 is 32.7 Å². The molecule has 0 atom stereocenters. The highest BCUT2D eigenvalue weighted by Gasteiger charge is 2.20. The number of halogens is 1. The zero-order chi connectivity index (χ0) is 13.4. The van der Waals surface area contributed by atoms with E-state index >= 15 is 0 Å². The molecule has 2 heterocycles. The van der Waals surface area contributed by atoms with Gasteiger partial charge in [-0.25, -0.2) is 4.98 Å². The summed E-state index contributed by atoms with van der Waals surface area (Å²) in [6.45, 7) is 1.86. The van der Waals surface area contributed by atoms with Crippen LogP contribution in [0.25, 0.3) is 11.0 Å². The first-order valence-corrected chi connectivity index (χ1v) is 6.45. The number of aryl methyl sites for hydroxylation is 1. The molecule has 0 saturated carbocycles. The molecule has 0 aliphatic carbocycles. The van der Waals surface area contributed by atoms with Gasteiger partial charge in [0.15, 0.2) is 5.76 Å². The molecule has 3 rings (SSSR count). The normalized spacial score (nSPS) is 10.8. The molecule has 19 heavy (non-hydrogen) atoms. The summed E-state index contributed by atoms with van der Waals surface area (Å²) in [6, 6.07) is 5.64. The minimum atomic E-state index is -0.252. The maximum absolute atomic E-state index is 12.3. The first-order valence-electron chi connectivity index (χ1n) is 5.66. The van der Waals surface area contributed by atoms with Crippen molar-refractivity contribution in [1.29, 1.82) is 0 Å². The Morgan fingerprint density at radius 1 is 1.32 bits per heavy atom. The van der Waals surface area contributed by atoms with Crippen molar-refractivity contribution in [2.45, 2.75) is 6.92 Å². The van der Waals surface area contributed by atoms with E-state index in [2.05, 4.69) is 25.9 Å². The summed E-state index contributed by atoms with van der Waals surface area (Å²) in [4.78, 5) is 20.2. The first kappa shape index (κ1) is 12.0. The number of hydrogen-bond donors (Lipinski definition) is 0. The lowest BCUT2D eigenvalue weighted by atomic mass is 10.1. The Balaban J connectivity index is 2.16. The largest absolute Gasteiger partial charge is 0.452 e. The maximum Gasteiger partial charge on any atom is 0.248 e. The molecule has 0 amide bonds. The van der Waals surface area contributed by atoms with E-state index in [0.717, 1.165) is 15.4 Å². The summed E-state index contributed by atoms with van der Waals surface area (Å²) in [5.74, 6) is 0.0616. The van der Waals surface area contributed by atoms with Crippen LogP contribution in [0.2, 0.25) is 0 Å². The van der Waals surface area contributed by atoms with Gasteiger partial charge in [0.05, 0.1) is 6.20 Å². The van der Waals surface area contributed by atoms with Gasteiger partial charge in [0, 0.05) is 27.8 Å². The second kappa shape index (κ2) is 4.59. The molecular weight excluding hydrogens is 308 g/mol. The van der Waals surface area contributed by atoms with Crippen LogP contribution in [0.3, 0.4) is 0 Å². The number of rotatable bonds is 2. The lowest BCUT2D eigenvalue weighted by Crippen LogP contribution is -2.04. The number of carbonyl (C=O) groups is 1. The highest BCUT2D eigenvalue weighted by Crippen LogP contribution is 2.29. The third kappa shape index (κ3) is 2.06. The molecule has 2 aromatic heterocycles. The van der Waals surface area contributed by atoms with Crippen LogP contribution >= 0.6 is 15.9 Å². The molecule has 0 fully saturated rings. The van der Waals surface area contributed by atoms with Crippen molar-refractivity contribution in [3.8, 4) is 0 Å². The van der Waals surface area contributed by atoms with Crippen LogP contribution in [0.4, 0.5) is 0 Å². The Kier molecular flexibility index (Phi) is 2.91. The molecule has 0 saturated heterocycles. The maximum atomic E-state index is 12.3. The van der Waals surface area contributed by atoms with Gasteiger partial charge in [-0.15, -0.1) is 0 Å². The van der Waals surface area contributed by atoms with Gasteiger partial charge in [-0.1, -0.05) is 15.9 Å². The molecular formula is C14H9BrN2O2. The molecule has 1 aromatic carbocycles. The summed E-state index contributed by atoms with van der Waals surface area (Å²) in [6.07, 6.45) is 4.45. The topological polar surface area (TPSA) is 56.0 Å². The summed E-state index contributed by atoms with van der Waals surface area (Å²) in [7, 11) is 0. The number of fused-ring (bicyclic) bond motifs is 1. The van der Waals surface area contributed by atoms with E-state index in [0.29, 0.717) is 11.3 Å². The van der Waals surface area contributed by atoms with E-state index in [9.17, 15) is 4.79 Å². The van der Waals surface area contributed by atoms with Crippen molar-refractivity contribution in [2.75, 3.05) is 0 Å². The molecule has 0 aliphatic rings. The average Bonchev–Trinajstić information content (AvgIpc) is 2.76. The second-order valence-electron chi connectivity index (χ2n) is 4.12. The Morgan fingerprint density at radius 3 is 2.89 bits per heavy atom. The SMILES string of the molecule is Cc1c(C(=O)c2cnccn2)oc2ccc(Br)cc12. The summed E-state index contributed by atoms with van der Waals surface area (Å²) in [5.41, 5.74) is 1.78. The van der Waals surface area contributed by atoms with Crippen molar-refractivity contribution in [3.63, 3.8) is 0 Å². The molecule has 0 unspecified atom stereocenters. The second-order valence-corrected chi connectivity index (χ2v) is 5.03. The van der Waals surface area contributed by atoms with E-state index in [-0.39, 0.29) is 11.5 Å². The average molecular weight is 317 g/mol. The van der Waals surface area contributed by atoms with Crippen LogP contribution in [-0.4, -0.2) is 15.8 Å². The summed E-state index contributed by atoms with van der Waals surface area (Å²) >= 11 is 3.41. The molecule has 0 spiro atoms. The van der Waals surface area contributed by atoms with Crippen LogP contribution in [0.15, 0.2) is 45.7 Å². The zero-order valence-corrected chi connectivity index (χ0v) is 11.6. The number of ketones is 1. The Labute approximate surface area is 117 Å². The smallest absolute Gasteiger partial charge is 0.248 e. The molecule has 0 aliphatic heterocycles. The van der Waals surface area contributed by atoms with Gasteiger partial charge in [0.1, 0.15) is 11.3 Å². The molecule has 5 heteroatoms. The van der Waals surface area contributed by atoms with E-state index in [4.69, 9.17) is 4.42 Å². The van der Waals surface area contributed by atoms with Crippen molar-refractivity contribution in [2.24, 2.45) is 0 Å². The van der Waals surface area contributed by atoms with E-state index < -0.39 is 0 Å². The highest BCUT2D eigenvalue weighted by atomic mass is 79.9. The van der Waals surface area contributed by atoms with Crippen LogP contribution in [-0.2, 0) is 0 Å². The summed E-state index contributed by atoms with van der Waals surface area (Å²) in [5, 5.41) is 0.918. The molecule has 94 valence electrons. The van der Waals surface area contributed by atoms with E-state index in [1.54, 1.807) is 0 Å². The van der Waals surface area contributed by atoms with Gasteiger partial charge in [0.2, 0.25) is 5.78 Å². The number of aromatic nitrogens is 2. The number of carbonyl (C=O) groups excluding carboxylic acids is 1. The third-order valence-corrected chi connectivity index (χ3v) is 3.39. The number of nitrogens with zero attached hydrogens (tertiary/aromatic N) is 2. The molecule has 0 bridgehead atoms. The van der Waals surface area contributed by atoms with E-state index in [1.807, 2.05) is 25.1 Å². The first-order chi connectivity index (χ1) is 9.16. The number of benzene rings is 1. The lowest BCUT2D eigenvalue weighted by molar-refractivity contribution is 0.100. The predicted octanol–water partition coefficient (Wildman–Crippen LogP) is 3.52. The van der Waals surface area contributed by atoms with Gasteiger partial charge in [-0.3, -0.25) is 9.78 Å². The van der Waals surface area contributed by atoms with Gasteiger partial charge in [-0.2, -0.15) is 0 Å². The monoisotopic (exact) mass is 316 g/mol. The lowest BCUT2D eigenvalue weighted by Gasteiger charge is -1.96. The zero-order valence-electron chi connectivity index (χ0n) is 10.1. The quantitative estimate of drug-likeness (QED) is 0.679. The van der Waals surface area contributed by atoms with E-state index in [1.165, 1.54) is 18.6 Å². The van der Waals surface area contributed by atoms with Crippen LogP contribution in [0.5, 0.6) is 0 Å². The molecule has 0 radical (unpaired) electrons. The standard InChI is InChI=1S/C14H9BrN2O2/c1-8-10-6-9(15)2-3-12(10)19-14(8)13(18)11-7-16-4-5-17-11/h2-7H,1H3. The van der Waals surface area contributed by atoms with Crippen LogP contribution in [0, 0.1) is 6.92 Å². The van der Waals surface area contributed by atoms with Gasteiger partial charge in [0.25, 0.3) is 0 Å². The van der Waals surface area contributed by atoms with Gasteiger partial charge in [-0.05, 0) is 25.1 Å².